The van der Waals surface area contributed by atoms with E-state index in [9.17, 15) is 4.79 Å². The Labute approximate surface area is 79.0 Å². The highest BCUT2D eigenvalue weighted by Crippen LogP contribution is 2.16. The maximum absolute atomic E-state index is 11.3. The van der Waals surface area contributed by atoms with Crippen LogP contribution in [0.25, 0.3) is 0 Å². The summed E-state index contributed by atoms with van der Waals surface area (Å²) < 4.78 is 4.71. The Bertz CT molecular complexity index is 184. The average molecular weight is 186 g/mol. The summed E-state index contributed by atoms with van der Waals surface area (Å²) in [5.74, 6) is -0.280. The number of nitrogens with zero attached hydrogens (tertiary/aromatic N) is 1. The summed E-state index contributed by atoms with van der Waals surface area (Å²) in [7, 11) is 3.47. The molecular weight excluding hydrogens is 168 g/mol. The van der Waals surface area contributed by atoms with Crippen LogP contribution in [0.2, 0.25) is 0 Å². The minimum absolute atomic E-state index is 0.0441. The summed E-state index contributed by atoms with van der Waals surface area (Å²) in [4.78, 5) is 13.5. The van der Waals surface area contributed by atoms with Crippen molar-refractivity contribution >= 4 is 5.97 Å². The van der Waals surface area contributed by atoms with Crippen molar-refractivity contribution in [1.82, 2.24) is 4.90 Å². The number of esters is 1. The fraction of sp³-hybridized carbons (Fsp3) is 0.889. The van der Waals surface area contributed by atoms with Crippen molar-refractivity contribution in [2.75, 3.05) is 27.2 Å². The summed E-state index contributed by atoms with van der Waals surface area (Å²) in [5, 5.41) is 0. The number of methoxy groups -OCH3 is 1. The summed E-state index contributed by atoms with van der Waals surface area (Å²) in [5.41, 5.74) is 5.89. The van der Waals surface area contributed by atoms with Gasteiger partial charge in [-0.1, -0.05) is 0 Å². The molecule has 76 valence electrons. The molecule has 1 fully saturated rings. The number of hydrogen-bond acceptors (Lipinski definition) is 4. The highest BCUT2D eigenvalue weighted by Gasteiger charge is 2.28. The molecule has 2 atom stereocenters. The van der Waals surface area contributed by atoms with Crippen LogP contribution in [0.15, 0.2) is 0 Å². The molecule has 13 heavy (non-hydrogen) atoms. The SMILES string of the molecule is COC(=O)C1CCN(C)CCC1N. The van der Waals surface area contributed by atoms with E-state index in [1.165, 1.54) is 7.11 Å². The third kappa shape index (κ3) is 2.67. The van der Waals surface area contributed by atoms with Crippen LogP contribution in [0.3, 0.4) is 0 Å². The van der Waals surface area contributed by atoms with Crippen LogP contribution in [0.1, 0.15) is 12.8 Å². The molecule has 2 unspecified atom stereocenters. The molecule has 1 saturated heterocycles. The fourth-order valence-corrected chi connectivity index (χ4v) is 1.70. The number of nitrogens with two attached hydrogens (primary N) is 1. The van der Waals surface area contributed by atoms with Gasteiger partial charge in [-0.3, -0.25) is 4.79 Å². The van der Waals surface area contributed by atoms with Crippen molar-refractivity contribution in [3.63, 3.8) is 0 Å². The van der Waals surface area contributed by atoms with Crippen LogP contribution in [0.5, 0.6) is 0 Å². The Hall–Kier alpha value is -0.610. The molecule has 4 nitrogen and oxygen atoms in total. The predicted octanol–water partition coefficient (Wildman–Crippen LogP) is -0.171. The van der Waals surface area contributed by atoms with Gasteiger partial charge in [0.15, 0.2) is 0 Å². The topological polar surface area (TPSA) is 55.6 Å². The van der Waals surface area contributed by atoms with E-state index in [4.69, 9.17) is 10.5 Å². The highest BCUT2D eigenvalue weighted by molar-refractivity contribution is 5.73. The third-order valence-electron chi connectivity index (χ3n) is 2.69. The van der Waals surface area contributed by atoms with Gasteiger partial charge in [0.2, 0.25) is 0 Å². The lowest BCUT2D eigenvalue weighted by Crippen LogP contribution is -2.36. The zero-order valence-electron chi connectivity index (χ0n) is 8.32. The number of carbonyl (C=O) groups excluding carboxylic acids is 1. The van der Waals surface area contributed by atoms with Crippen molar-refractivity contribution in [3.8, 4) is 0 Å². The summed E-state index contributed by atoms with van der Waals surface area (Å²) in [6.45, 7) is 1.89. The van der Waals surface area contributed by atoms with Crippen LogP contribution < -0.4 is 5.73 Å². The zero-order valence-corrected chi connectivity index (χ0v) is 8.32. The molecule has 0 saturated carbocycles. The van der Waals surface area contributed by atoms with E-state index in [1.807, 2.05) is 7.05 Å². The van der Waals surface area contributed by atoms with Gasteiger partial charge in [0.1, 0.15) is 0 Å². The van der Waals surface area contributed by atoms with E-state index in [2.05, 4.69) is 4.90 Å². The van der Waals surface area contributed by atoms with Crippen LogP contribution in [-0.4, -0.2) is 44.2 Å². The van der Waals surface area contributed by atoms with E-state index in [0.29, 0.717) is 0 Å². The lowest BCUT2D eigenvalue weighted by Gasteiger charge is -2.17. The maximum atomic E-state index is 11.3. The summed E-state index contributed by atoms with van der Waals surface area (Å²) >= 11 is 0. The van der Waals surface area contributed by atoms with Gasteiger partial charge in [-0.25, -0.2) is 0 Å². The second-order valence-corrected chi connectivity index (χ2v) is 3.67. The molecule has 1 aliphatic heterocycles. The highest BCUT2D eigenvalue weighted by atomic mass is 16.5. The number of hydrogen-bond donors (Lipinski definition) is 1. The van der Waals surface area contributed by atoms with Gasteiger partial charge in [-0.15, -0.1) is 0 Å². The van der Waals surface area contributed by atoms with Gasteiger partial charge in [0.05, 0.1) is 13.0 Å². The van der Waals surface area contributed by atoms with Gasteiger partial charge >= 0.3 is 5.97 Å². The van der Waals surface area contributed by atoms with E-state index < -0.39 is 0 Å². The lowest BCUT2D eigenvalue weighted by atomic mass is 9.96. The molecule has 0 spiro atoms. The van der Waals surface area contributed by atoms with Crippen molar-refractivity contribution < 1.29 is 9.53 Å². The summed E-state index contributed by atoms with van der Waals surface area (Å²) in [6, 6.07) is -0.0441. The molecular formula is C9H18N2O2. The molecule has 1 heterocycles. The first-order valence-corrected chi connectivity index (χ1v) is 4.67. The van der Waals surface area contributed by atoms with Gasteiger partial charge < -0.3 is 15.4 Å². The van der Waals surface area contributed by atoms with Gasteiger partial charge in [0.25, 0.3) is 0 Å². The molecule has 0 aromatic heterocycles. The first kappa shape index (κ1) is 10.5. The Morgan fingerprint density at radius 3 is 2.69 bits per heavy atom. The van der Waals surface area contributed by atoms with Crippen molar-refractivity contribution in [3.05, 3.63) is 0 Å². The molecule has 1 aliphatic rings. The number of rotatable bonds is 1. The predicted molar refractivity (Wildman–Crippen MR) is 50.2 cm³/mol. The Morgan fingerprint density at radius 1 is 1.46 bits per heavy atom. The standard InChI is InChI=1S/C9H18N2O2/c1-11-5-3-7(9(12)13-2)8(10)4-6-11/h7-8H,3-6,10H2,1-2H3. The Balaban J connectivity index is 2.56. The monoisotopic (exact) mass is 186 g/mol. The molecule has 0 aromatic rings. The van der Waals surface area contributed by atoms with Crippen LogP contribution >= 0.6 is 0 Å². The minimum Gasteiger partial charge on any atom is -0.469 e. The van der Waals surface area contributed by atoms with E-state index in [0.717, 1.165) is 25.9 Å². The van der Waals surface area contributed by atoms with Gasteiger partial charge in [-0.05, 0) is 33.0 Å². The van der Waals surface area contributed by atoms with Crippen molar-refractivity contribution in [2.24, 2.45) is 11.7 Å². The van der Waals surface area contributed by atoms with Crippen LogP contribution in [0, 0.1) is 5.92 Å². The number of likely N-dealkylation sites (tertiary alicyclic amines) is 1. The average Bonchev–Trinajstić information content (AvgIpc) is 2.28. The Kier molecular flexibility index (Phi) is 3.69. The van der Waals surface area contributed by atoms with Crippen molar-refractivity contribution in [1.29, 1.82) is 0 Å². The molecule has 4 heteroatoms. The third-order valence-corrected chi connectivity index (χ3v) is 2.69. The molecule has 0 aromatic carbocycles. The number of carbonyl (C=O) groups is 1. The normalized spacial score (nSPS) is 31.0. The van der Waals surface area contributed by atoms with Crippen molar-refractivity contribution in [2.45, 2.75) is 18.9 Å². The molecule has 2 N–H and O–H groups in total. The lowest BCUT2D eigenvalue weighted by molar-refractivity contribution is -0.146. The molecule has 0 aliphatic carbocycles. The second kappa shape index (κ2) is 4.58. The van der Waals surface area contributed by atoms with E-state index >= 15 is 0 Å². The molecule has 0 bridgehead atoms. The zero-order chi connectivity index (χ0) is 9.84. The first-order valence-electron chi connectivity index (χ1n) is 4.67. The van der Waals surface area contributed by atoms with Gasteiger partial charge in [0, 0.05) is 6.04 Å². The van der Waals surface area contributed by atoms with Gasteiger partial charge in [-0.2, -0.15) is 0 Å². The second-order valence-electron chi connectivity index (χ2n) is 3.67. The number of ether oxygens (including phenoxy) is 1. The van der Waals surface area contributed by atoms with Crippen LogP contribution in [0.4, 0.5) is 0 Å². The fourth-order valence-electron chi connectivity index (χ4n) is 1.70. The largest absolute Gasteiger partial charge is 0.469 e. The van der Waals surface area contributed by atoms with Crippen LogP contribution in [-0.2, 0) is 9.53 Å². The summed E-state index contributed by atoms with van der Waals surface area (Å²) in [6.07, 6.45) is 1.68. The smallest absolute Gasteiger partial charge is 0.310 e. The van der Waals surface area contributed by atoms with E-state index in [-0.39, 0.29) is 17.9 Å². The first-order chi connectivity index (χ1) is 6.15. The molecule has 0 radical (unpaired) electrons. The quantitative estimate of drug-likeness (QED) is 0.578. The van der Waals surface area contributed by atoms with E-state index in [1.54, 1.807) is 0 Å². The Morgan fingerprint density at radius 2 is 2.08 bits per heavy atom. The molecule has 1 rings (SSSR count). The minimum atomic E-state index is -0.164. The maximum Gasteiger partial charge on any atom is 0.310 e. The molecule has 0 amide bonds.